The number of hydrogen-bond acceptors (Lipinski definition) is 4. The molecule has 1 aromatic carbocycles. The molecule has 162 valence electrons. The van der Waals surface area contributed by atoms with E-state index in [1.54, 1.807) is 0 Å². The molecule has 0 aliphatic carbocycles. The predicted octanol–water partition coefficient (Wildman–Crippen LogP) is 2.19. The zero-order valence-corrected chi connectivity index (χ0v) is 18.8. The first-order chi connectivity index (χ1) is 14.0. The second kappa shape index (κ2) is 10.4. The van der Waals surface area contributed by atoms with E-state index in [0.717, 1.165) is 77.8 Å². The number of benzene rings is 1. The van der Waals surface area contributed by atoms with Gasteiger partial charge in [-0.25, -0.2) is 0 Å². The Hall–Kier alpha value is -1.63. The summed E-state index contributed by atoms with van der Waals surface area (Å²) in [5.74, 6) is 1.07. The number of nitrogens with zero attached hydrogens (tertiary/aromatic N) is 4. The molecule has 0 spiro atoms. The second-order valence-corrected chi connectivity index (χ2v) is 8.65. The molecule has 2 aliphatic rings. The molecule has 0 bridgehead atoms. The lowest BCUT2D eigenvalue weighted by atomic mass is 9.89. The molecule has 0 saturated carbocycles. The van der Waals surface area contributed by atoms with Crippen LogP contribution in [0.15, 0.2) is 29.3 Å². The highest BCUT2D eigenvalue weighted by molar-refractivity contribution is 5.80. The van der Waals surface area contributed by atoms with E-state index in [9.17, 15) is 0 Å². The number of ether oxygens (including phenoxy) is 1. The summed E-state index contributed by atoms with van der Waals surface area (Å²) in [6.45, 7) is 13.0. The van der Waals surface area contributed by atoms with E-state index >= 15 is 0 Å². The summed E-state index contributed by atoms with van der Waals surface area (Å²) >= 11 is 0. The summed E-state index contributed by atoms with van der Waals surface area (Å²) in [5, 5.41) is 3.53. The fourth-order valence-electron chi connectivity index (χ4n) is 4.33. The van der Waals surface area contributed by atoms with Crippen molar-refractivity contribution < 1.29 is 4.74 Å². The van der Waals surface area contributed by atoms with Gasteiger partial charge in [-0.2, -0.15) is 0 Å². The molecule has 1 N–H and O–H groups in total. The van der Waals surface area contributed by atoms with Crippen LogP contribution in [0.1, 0.15) is 30.9 Å². The van der Waals surface area contributed by atoms with Gasteiger partial charge in [-0.05, 0) is 46.3 Å². The molecule has 3 rings (SSSR count). The lowest BCUT2D eigenvalue weighted by molar-refractivity contribution is -0.00268. The molecule has 1 aromatic rings. The predicted molar refractivity (Wildman–Crippen MR) is 120 cm³/mol. The summed E-state index contributed by atoms with van der Waals surface area (Å²) in [4.78, 5) is 12.4. The fourth-order valence-corrected chi connectivity index (χ4v) is 4.33. The van der Waals surface area contributed by atoms with Gasteiger partial charge >= 0.3 is 0 Å². The molecule has 29 heavy (non-hydrogen) atoms. The van der Waals surface area contributed by atoms with Crippen LogP contribution in [0.3, 0.4) is 0 Å². The van der Waals surface area contributed by atoms with E-state index in [1.807, 2.05) is 0 Å². The van der Waals surface area contributed by atoms with E-state index in [-0.39, 0.29) is 5.54 Å². The molecule has 2 saturated heterocycles. The van der Waals surface area contributed by atoms with Crippen molar-refractivity contribution in [2.45, 2.75) is 38.8 Å². The van der Waals surface area contributed by atoms with Crippen LogP contribution in [0.25, 0.3) is 0 Å². The molecular formula is C23H39N5O. The molecule has 0 radical (unpaired) electrons. The first kappa shape index (κ1) is 22.1. The zero-order valence-electron chi connectivity index (χ0n) is 18.8. The second-order valence-electron chi connectivity index (χ2n) is 8.65. The molecule has 0 aromatic heterocycles. The number of likely N-dealkylation sites (N-methyl/N-ethyl adjacent to an activating group) is 1. The highest BCUT2D eigenvalue weighted by Crippen LogP contribution is 2.26. The van der Waals surface area contributed by atoms with Crippen LogP contribution in [-0.4, -0.2) is 92.8 Å². The largest absolute Gasteiger partial charge is 0.381 e. The molecule has 0 atom stereocenters. The van der Waals surface area contributed by atoms with Crippen LogP contribution < -0.4 is 5.32 Å². The van der Waals surface area contributed by atoms with Crippen molar-refractivity contribution in [3.8, 4) is 0 Å². The summed E-state index contributed by atoms with van der Waals surface area (Å²) < 4.78 is 5.61. The van der Waals surface area contributed by atoms with Crippen molar-refractivity contribution in [3.63, 3.8) is 0 Å². The molecule has 2 aliphatic heterocycles. The molecular weight excluding hydrogens is 362 g/mol. The summed E-state index contributed by atoms with van der Waals surface area (Å²) in [6, 6.07) is 8.86. The standard InChI is InChI=1S/C23H39N5O/c1-5-24-22(25-19-23(26(3)4)9-15-29-16-10-23)28-13-11-27(12-14-28)18-21-8-6-7-20(2)17-21/h6-8,17H,5,9-16,18-19H2,1-4H3,(H,24,25). The van der Waals surface area contributed by atoms with E-state index in [1.165, 1.54) is 11.1 Å². The Kier molecular flexibility index (Phi) is 7.92. The van der Waals surface area contributed by atoms with Crippen LogP contribution in [0.2, 0.25) is 0 Å². The van der Waals surface area contributed by atoms with E-state index in [2.05, 4.69) is 72.2 Å². The van der Waals surface area contributed by atoms with Gasteiger partial charge in [0.1, 0.15) is 0 Å². The van der Waals surface area contributed by atoms with Gasteiger partial charge in [0.05, 0.1) is 6.54 Å². The van der Waals surface area contributed by atoms with Crippen LogP contribution in [0.5, 0.6) is 0 Å². The van der Waals surface area contributed by atoms with Crippen LogP contribution in [-0.2, 0) is 11.3 Å². The van der Waals surface area contributed by atoms with Gasteiger partial charge in [0.25, 0.3) is 0 Å². The average molecular weight is 402 g/mol. The number of piperazine rings is 1. The van der Waals surface area contributed by atoms with Crippen molar-refractivity contribution in [1.29, 1.82) is 0 Å². The van der Waals surface area contributed by atoms with Gasteiger partial charge in [-0.1, -0.05) is 29.8 Å². The molecule has 0 amide bonds. The lowest BCUT2D eigenvalue weighted by Gasteiger charge is -2.42. The SMILES string of the molecule is CCNC(=NCC1(N(C)C)CCOCC1)N1CCN(Cc2cccc(C)c2)CC1. The number of hydrogen-bond donors (Lipinski definition) is 1. The van der Waals surface area contributed by atoms with Crippen molar-refractivity contribution in [1.82, 2.24) is 20.0 Å². The highest BCUT2D eigenvalue weighted by atomic mass is 16.5. The summed E-state index contributed by atoms with van der Waals surface area (Å²) in [5.41, 5.74) is 2.86. The monoisotopic (exact) mass is 401 g/mol. The van der Waals surface area contributed by atoms with Gasteiger partial charge in [-0.3, -0.25) is 9.89 Å². The molecule has 6 nitrogen and oxygen atoms in total. The smallest absolute Gasteiger partial charge is 0.194 e. The summed E-state index contributed by atoms with van der Waals surface area (Å²) in [6.07, 6.45) is 2.10. The van der Waals surface area contributed by atoms with Gasteiger partial charge < -0.3 is 19.9 Å². The minimum Gasteiger partial charge on any atom is -0.381 e. The Bertz CT molecular complexity index is 661. The third kappa shape index (κ3) is 5.93. The fraction of sp³-hybridized carbons (Fsp3) is 0.696. The van der Waals surface area contributed by atoms with Gasteiger partial charge in [0, 0.05) is 58.0 Å². The van der Waals surface area contributed by atoms with Crippen molar-refractivity contribution in [2.24, 2.45) is 4.99 Å². The third-order valence-corrected chi connectivity index (χ3v) is 6.39. The van der Waals surface area contributed by atoms with Crippen LogP contribution in [0.4, 0.5) is 0 Å². The first-order valence-corrected chi connectivity index (χ1v) is 11.1. The van der Waals surface area contributed by atoms with Gasteiger partial charge in [0.15, 0.2) is 5.96 Å². The van der Waals surface area contributed by atoms with Gasteiger partial charge in [0.2, 0.25) is 0 Å². The Morgan fingerprint density at radius 1 is 1.17 bits per heavy atom. The quantitative estimate of drug-likeness (QED) is 0.585. The Balaban J connectivity index is 1.59. The van der Waals surface area contributed by atoms with E-state index in [4.69, 9.17) is 9.73 Å². The number of rotatable bonds is 6. The minimum absolute atomic E-state index is 0.117. The first-order valence-electron chi connectivity index (χ1n) is 11.1. The van der Waals surface area contributed by atoms with Crippen molar-refractivity contribution >= 4 is 5.96 Å². The normalized spacial score (nSPS) is 20.9. The van der Waals surface area contributed by atoms with E-state index in [0.29, 0.717) is 0 Å². The Morgan fingerprint density at radius 2 is 1.90 bits per heavy atom. The van der Waals surface area contributed by atoms with Crippen molar-refractivity contribution in [2.75, 3.05) is 66.6 Å². The van der Waals surface area contributed by atoms with Gasteiger partial charge in [-0.15, -0.1) is 0 Å². The lowest BCUT2D eigenvalue weighted by Crippen LogP contribution is -2.54. The maximum atomic E-state index is 5.61. The van der Waals surface area contributed by atoms with Crippen molar-refractivity contribution in [3.05, 3.63) is 35.4 Å². The molecule has 2 heterocycles. The van der Waals surface area contributed by atoms with E-state index < -0.39 is 0 Å². The number of nitrogens with one attached hydrogen (secondary N) is 1. The molecule has 0 unspecified atom stereocenters. The maximum Gasteiger partial charge on any atom is 0.194 e. The van der Waals surface area contributed by atoms with Crippen LogP contribution >= 0.6 is 0 Å². The summed E-state index contributed by atoms with van der Waals surface area (Å²) in [7, 11) is 4.36. The van der Waals surface area contributed by atoms with Crippen LogP contribution in [0, 0.1) is 6.92 Å². The maximum absolute atomic E-state index is 5.61. The minimum atomic E-state index is 0.117. The molecule has 6 heteroatoms. The number of aliphatic imine (C=N–C) groups is 1. The molecule has 2 fully saturated rings. The number of aryl methyl sites for hydroxylation is 1. The average Bonchev–Trinajstić information content (AvgIpc) is 2.72. The third-order valence-electron chi connectivity index (χ3n) is 6.39. The topological polar surface area (TPSA) is 43.3 Å². The highest BCUT2D eigenvalue weighted by Gasteiger charge is 2.35. The zero-order chi connectivity index (χ0) is 20.7. The Morgan fingerprint density at radius 3 is 2.52 bits per heavy atom. The number of guanidine groups is 1. The Labute approximate surface area is 176 Å².